The summed E-state index contributed by atoms with van der Waals surface area (Å²) in [5.74, 6) is 0. The highest BCUT2D eigenvalue weighted by Crippen LogP contribution is 2.06. The first kappa shape index (κ1) is 12.9. The summed E-state index contributed by atoms with van der Waals surface area (Å²) in [4.78, 5) is 2.38. The topological polar surface area (TPSA) is 29.3 Å². The van der Waals surface area contributed by atoms with Crippen molar-refractivity contribution in [1.82, 2.24) is 4.90 Å². The Labute approximate surface area is 98.8 Å². The Kier molecular flexibility index (Phi) is 5.83. The monoisotopic (exact) mass is 218 g/mol. The molecule has 0 fully saturated rings. The lowest BCUT2D eigenvalue weighted by atomic mass is 10.1. The molecule has 0 aliphatic heterocycles. The van der Waals surface area contributed by atoms with E-state index in [0.717, 1.165) is 32.6 Å². The zero-order chi connectivity index (χ0) is 11.8. The summed E-state index contributed by atoms with van der Waals surface area (Å²) >= 11 is 0. The molecule has 0 amide bonds. The summed E-state index contributed by atoms with van der Waals surface area (Å²) in [7, 11) is 0. The molecule has 2 N–H and O–H groups in total. The van der Waals surface area contributed by atoms with E-state index in [1.165, 1.54) is 11.1 Å². The summed E-state index contributed by atoms with van der Waals surface area (Å²) in [5.41, 5.74) is 8.11. The molecule has 0 atom stereocenters. The first-order chi connectivity index (χ1) is 7.80. The van der Waals surface area contributed by atoms with Gasteiger partial charge in [0.2, 0.25) is 0 Å². The van der Waals surface area contributed by atoms with Crippen LogP contribution < -0.4 is 5.73 Å². The lowest BCUT2D eigenvalue weighted by Gasteiger charge is -2.19. The third-order valence-electron chi connectivity index (χ3n) is 2.82. The maximum atomic E-state index is 5.56. The fourth-order valence-corrected chi connectivity index (χ4v) is 1.72. The Hall–Kier alpha value is -1.12. The van der Waals surface area contributed by atoms with Gasteiger partial charge in [-0.1, -0.05) is 43.8 Å². The predicted molar refractivity (Wildman–Crippen MR) is 71.4 cm³/mol. The van der Waals surface area contributed by atoms with Gasteiger partial charge in [-0.3, -0.25) is 0 Å². The van der Waals surface area contributed by atoms with Gasteiger partial charge in [-0.05, 0) is 24.1 Å². The minimum absolute atomic E-state index is 0.739. The molecule has 16 heavy (non-hydrogen) atoms. The van der Waals surface area contributed by atoms with Gasteiger partial charge in [0, 0.05) is 19.6 Å². The fraction of sp³-hybridized carbons (Fsp3) is 0.429. The molecule has 0 spiro atoms. The predicted octanol–water partition coefficient (Wildman–Crippen LogP) is 2.15. The van der Waals surface area contributed by atoms with Crippen molar-refractivity contribution in [2.45, 2.75) is 13.3 Å². The van der Waals surface area contributed by atoms with Crippen molar-refractivity contribution in [3.05, 3.63) is 42.0 Å². The van der Waals surface area contributed by atoms with Crippen molar-refractivity contribution in [2.75, 3.05) is 26.2 Å². The standard InChI is InChI=1S/C14H22N2/c1-3-13-5-7-14(8-6-13)9-11-16(4-2)12-10-15/h3,5-8H,1,4,9-12,15H2,2H3. The van der Waals surface area contributed by atoms with Crippen LogP contribution >= 0.6 is 0 Å². The highest BCUT2D eigenvalue weighted by Gasteiger charge is 2.01. The first-order valence-corrected chi connectivity index (χ1v) is 5.94. The van der Waals surface area contributed by atoms with E-state index in [1.54, 1.807) is 0 Å². The molecular formula is C14H22N2. The van der Waals surface area contributed by atoms with Gasteiger partial charge in [0.15, 0.2) is 0 Å². The van der Waals surface area contributed by atoms with Crippen LogP contribution in [0.25, 0.3) is 6.08 Å². The molecular weight excluding hydrogens is 196 g/mol. The molecule has 0 unspecified atom stereocenters. The lowest BCUT2D eigenvalue weighted by molar-refractivity contribution is 0.300. The van der Waals surface area contributed by atoms with E-state index in [1.807, 2.05) is 6.08 Å². The Bertz CT molecular complexity index is 303. The number of likely N-dealkylation sites (N-methyl/N-ethyl adjacent to an activating group) is 1. The Morgan fingerprint density at radius 2 is 1.94 bits per heavy atom. The van der Waals surface area contributed by atoms with E-state index >= 15 is 0 Å². The molecule has 2 heteroatoms. The van der Waals surface area contributed by atoms with Crippen LogP contribution in [0.3, 0.4) is 0 Å². The molecule has 0 aromatic heterocycles. The molecule has 0 saturated heterocycles. The van der Waals surface area contributed by atoms with Crippen LogP contribution in [0.4, 0.5) is 0 Å². The van der Waals surface area contributed by atoms with Gasteiger partial charge in [-0.2, -0.15) is 0 Å². The zero-order valence-electron chi connectivity index (χ0n) is 10.2. The van der Waals surface area contributed by atoms with E-state index < -0.39 is 0 Å². The molecule has 1 aromatic carbocycles. The third-order valence-corrected chi connectivity index (χ3v) is 2.82. The van der Waals surface area contributed by atoms with Crippen LogP contribution in [0.2, 0.25) is 0 Å². The van der Waals surface area contributed by atoms with Gasteiger partial charge in [-0.15, -0.1) is 0 Å². The molecule has 0 aliphatic carbocycles. The van der Waals surface area contributed by atoms with Crippen molar-refractivity contribution < 1.29 is 0 Å². The van der Waals surface area contributed by atoms with Gasteiger partial charge in [0.1, 0.15) is 0 Å². The number of nitrogens with zero attached hydrogens (tertiary/aromatic N) is 1. The maximum Gasteiger partial charge on any atom is 0.0105 e. The quantitative estimate of drug-likeness (QED) is 0.760. The highest BCUT2D eigenvalue weighted by molar-refractivity contribution is 5.47. The smallest absolute Gasteiger partial charge is 0.0105 e. The van der Waals surface area contributed by atoms with Gasteiger partial charge in [0.05, 0.1) is 0 Å². The molecule has 0 radical (unpaired) electrons. The third kappa shape index (κ3) is 4.17. The Morgan fingerprint density at radius 1 is 1.25 bits per heavy atom. The molecule has 0 bridgehead atoms. The van der Waals surface area contributed by atoms with Gasteiger partial charge in [0.25, 0.3) is 0 Å². The van der Waals surface area contributed by atoms with Gasteiger partial charge in [-0.25, -0.2) is 0 Å². The molecule has 0 heterocycles. The summed E-state index contributed by atoms with van der Waals surface area (Å²) in [6.07, 6.45) is 2.96. The van der Waals surface area contributed by atoms with Crippen LogP contribution in [-0.2, 0) is 6.42 Å². The van der Waals surface area contributed by atoms with Gasteiger partial charge >= 0.3 is 0 Å². The first-order valence-electron chi connectivity index (χ1n) is 5.94. The van der Waals surface area contributed by atoms with E-state index in [2.05, 4.69) is 42.7 Å². The van der Waals surface area contributed by atoms with Crippen molar-refractivity contribution in [3.63, 3.8) is 0 Å². The minimum Gasteiger partial charge on any atom is -0.329 e. The van der Waals surface area contributed by atoms with Crippen molar-refractivity contribution in [3.8, 4) is 0 Å². The van der Waals surface area contributed by atoms with E-state index in [0.29, 0.717) is 0 Å². The normalized spacial score (nSPS) is 10.7. The molecule has 88 valence electrons. The second-order valence-corrected chi connectivity index (χ2v) is 3.92. The lowest BCUT2D eigenvalue weighted by Crippen LogP contribution is -2.31. The van der Waals surface area contributed by atoms with Crippen molar-refractivity contribution in [1.29, 1.82) is 0 Å². The average molecular weight is 218 g/mol. The van der Waals surface area contributed by atoms with Crippen LogP contribution in [0, 0.1) is 0 Å². The summed E-state index contributed by atoms with van der Waals surface area (Å²) in [5, 5.41) is 0. The summed E-state index contributed by atoms with van der Waals surface area (Å²) < 4.78 is 0. The van der Waals surface area contributed by atoms with E-state index in [-0.39, 0.29) is 0 Å². The molecule has 1 aromatic rings. The number of hydrogen-bond acceptors (Lipinski definition) is 2. The van der Waals surface area contributed by atoms with Crippen LogP contribution in [0.1, 0.15) is 18.1 Å². The Balaban J connectivity index is 2.43. The fourth-order valence-electron chi connectivity index (χ4n) is 1.72. The van der Waals surface area contributed by atoms with Gasteiger partial charge < -0.3 is 10.6 Å². The van der Waals surface area contributed by atoms with E-state index in [4.69, 9.17) is 5.73 Å². The zero-order valence-corrected chi connectivity index (χ0v) is 10.2. The molecule has 2 nitrogen and oxygen atoms in total. The van der Waals surface area contributed by atoms with Crippen LogP contribution in [0.15, 0.2) is 30.8 Å². The second kappa shape index (κ2) is 7.20. The Morgan fingerprint density at radius 3 is 2.44 bits per heavy atom. The molecule has 0 saturated carbocycles. The largest absolute Gasteiger partial charge is 0.329 e. The maximum absolute atomic E-state index is 5.56. The van der Waals surface area contributed by atoms with Crippen molar-refractivity contribution in [2.24, 2.45) is 5.73 Å². The number of hydrogen-bond donors (Lipinski definition) is 1. The van der Waals surface area contributed by atoms with Crippen LogP contribution in [0.5, 0.6) is 0 Å². The van der Waals surface area contributed by atoms with Crippen molar-refractivity contribution >= 4 is 6.08 Å². The number of rotatable bonds is 7. The van der Waals surface area contributed by atoms with Crippen LogP contribution in [-0.4, -0.2) is 31.1 Å². The SMILES string of the molecule is C=Cc1ccc(CCN(CC)CCN)cc1. The number of benzene rings is 1. The molecule has 0 aliphatic rings. The van der Waals surface area contributed by atoms with E-state index in [9.17, 15) is 0 Å². The molecule has 1 rings (SSSR count). The highest BCUT2D eigenvalue weighted by atomic mass is 15.1. The second-order valence-electron chi connectivity index (χ2n) is 3.92. The summed E-state index contributed by atoms with van der Waals surface area (Å²) in [6.45, 7) is 9.81. The minimum atomic E-state index is 0.739. The number of nitrogens with two attached hydrogens (primary N) is 1. The summed E-state index contributed by atoms with van der Waals surface area (Å²) in [6, 6.07) is 8.57. The average Bonchev–Trinajstić information content (AvgIpc) is 2.35.